The van der Waals surface area contributed by atoms with Gasteiger partial charge in [-0.25, -0.2) is 4.79 Å². The van der Waals surface area contributed by atoms with Crippen LogP contribution >= 0.6 is 0 Å². The second-order valence-corrected chi connectivity index (χ2v) is 11.8. The van der Waals surface area contributed by atoms with Gasteiger partial charge in [-0.15, -0.1) is 0 Å². The van der Waals surface area contributed by atoms with E-state index < -0.39 is 12.2 Å². The quantitative estimate of drug-likeness (QED) is 0.368. The van der Waals surface area contributed by atoms with Crippen LogP contribution in [-0.2, 0) is 9.53 Å². The predicted octanol–water partition coefficient (Wildman–Crippen LogP) is 6.05. The van der Waals surface area contributed by atoms with Crippen LogP contribution < -0.4 is 0 Å². The SMILES string of the molecule is C=C1C[C@H](C[C@@H](C)[C@H]2CC[C@H]3/C(=C/C=C4/C[C@@H](O)[C@H](CCC)[C@H](O)C4=C)CCC[C@]23C)OC1=O. The molecule has 0 bridgehead atoms. The lowest BCUT2D eigenvalue weighted by atomic mass is 9.60. The largest absolute Gasteiger partial charge is 0.459 e. The second kappa shape index (κ2) is 10.1. The van der Waals surface area contributed by atoms with Gasteiger partial charge in [-0.05, 0) is 85.7 Å². The fourth-order valence-electron chi connectivity index (χ4n) is 7.79. The highest BCUT2D eigenvalue weighted by Crippen LogP contribution is 2.60. The predicted molar refractivity (Wildman–Crippen MR) is 136 cm³/mol. The van der Waals surface area contributed by atoms with E-state index in [0.29, 0.717) is 36.2 Å². The molecular weight excluding hydrogens is 424 g/mol. The van der Waals surface area contributed by atoms with Crippen LogP contribution in [0.25, 0.3) is 0 Å². The van der Waals surface area contributed by atoms with Gasteiger partial charge in [0.1, 0.15) is 6.10 Å². The third-order valence-electron chi connectivity index (χ3n) is 9.61. The maximum Gasteiger partial charge on any atom is 0.333 e. The summed E-state index contributed by atoms with van der Waals surface area (Å²) in [4.78, 5) is 11.8. The Morgan fingerprint density at radius 2 is 1.97 bits per heavy atom. The topological polar surface area (TPSA) is 66.8 Å². The summed E-state index contributed by atoms with van der Waals surface area (Å²) in [7, 11) is 0. The van der Waals surface area contributed by atoms with Gasteiger partial charge in [-0.2, -0.15) is 0 Å². The van der Waals surface area contributed by atoms with Crippen LogP contribution in [0.4, 0.5) is 0 Å². The minimum atomic E-state index is -0.651. The zero-order chi connectivity index (χ0) is 24.6. The molecule has 34 heavy (non-hydrogen) atoms. The van der Waals surface area contributed by atoms with Crippen molar-refractivity contribution in [3.05, 3.63) is 47.6 Å². The van der Waals surface area contributed by atoms with Crippen LogP contribution in [0, 0.1) is 29.1 Å². The number of rotatable bonds is 6. The van der Waals surface area contributed by atoms with E-state index in [2.05, 4.69) is 46.1 Å². The molecule has 4 heteroatoms. The molecule has 1 aliphatic heterocycles. The van der Waals surface area contributed by atoms with Crippen molar-refractivity contribution < 1.29 is 19.7 Å². The molecule has 188 valence electrons. The molecule has 0 unspecified atom stereocenters. The first-order valence-corrected chi connectivity index (χ1v) is 13.5. The monoisotopic (exact) mass is 468 g/mol. The number of allylic oxidation sites excluding steroid dienone is 3. The lowest BCUT2D eigenvalue weighted by Crippen LogP contribution is -2.38. The normalized spacial score (nSPS) is 41.7. The highest BCUT2D eigenvalue weighted by Gasteiger charge is 2.51. The molecule has 0 amide bonds. The molecule has 0 radical (unpaired) electrons. The van der Waals surface area contributed by atoms with Crippen LogP contribution in [0.15, 0.2) is 47.6 Å². The van der Waals surface area contributed by atoms with E-state index in [-0.39, 0.29) is 23.4 Å². The number of aliphatic hydroxyl groups is 2. The van der Waals surface area contributed by atoms with Gasteiger partial charge in [0.2, 0.25) is 0 Å². The van der Waals surface area contributed by atoms with Gasteiger partial charge >= 0.3 is 5.97 Å². The zero-order valence-corrected chi connectivity index (χ0v) is 21.4. The van der Waals surface area contributed by atoms with Crippen LogP contribution in [-0.4, -0.2) is 34.5 Å². The number of hydrogen-bond acceptors (Lipinski definition) is 4. The van der Waals surface area contributed by atoms with Crippen LogP contribution in [0.3, 0.4) is 0 Å². The Hall–Kier alpha value is -1.65. The molecule has 4 aliphatic rings. The van der Waals surface area contributed by atoms with E-state index in [0.717, 1.165) is 36.8 Å². The van der Waals surface area contributed by atoms with Crippen molar-refractivity contribution in [1.82, 2.24) is 0 Å². The van der Waals surface area contributed by atoms with E-state index in [1.807, 2.05) is 0 Å². The fourth-order valence-corrected chi connectivity index (χ4v) is 7.79. The van der Waals surface area contributed by atoms with Gasteiger partial charge in [0, 0.05) is 17.9 Å². The molecular formula is C30H44O4. The van der Waals surface area contributed by atoms with Gasteiger partial charge in [-0.3, -0.25) is 0 Å². The van der Waals surface area contributed by atoms with Crippen molar-refractivity contribution in [1.29, 1.82) is 0 Å². The average molecular weight is 469 g/mol. The van der Waals surface area contributed by atoms with Gasteiger partial charge in [0.25, 0.3) is 0 Å². The van der Waals surface area contributed by atoms with Gasteiger partial charge < -0.3 is 14.9 Å². The fraction of sp³-hybridized carbons (Fsp3) is 0.700. The average Bonchev–Trinajstić information content (AvgIpc) is 3.31. The minimum absolute atomic E-state index is 0.00677. The Morgan fingerprint density at radius 3 is 2.65 bits per heavy atom. The molecule has 1 saturated heterocycles. The zero-order valence-electron chi connectivity index (χ0n) is 21.4. The lowest BCUT2D eigenvalue weighted by Gasteiger charge is -2.44. The molecule has 4 fully saturated rings. The standard InChI is InChI=1S/C30H44O4/c1-6-8-24-27(31)17-22(20(4)28(24)32)11-10-21-9-7-14-30(5)25(12-13-26(21)30)18(2)15-23-16-19(3)29(33)34-23/h10-11,18,23-28,31-32H,3-4,6-9,12-17H2,1-2,5H3/b21-10+,22-11-/t18-,23+,24+,25-,26+,27-,28-,30-/m1/s1. The van der Waals surface area contributed by atoms with E-state index in [9.17, 15) is 15.0 Å². The van der Waals surface area contributed by atoms with Gasteiger partial charge in [0.15, 0.2) is 0 Å². The number of ether oxygens (including phenoxy) is 1. The molecule has 4 rings (SSSR count). The van der Waals surface area contributed by atoms with E-state index in [1.54, 1.807) is 0 Å². The lowest BCUT2D eigenvalue weighted by molar-refractivity contribution is -0.139. The van der Waals surface area contributed by atoms with Gasteiger partial charge in [0.05, 0.1) is 12.2 Å². The molecule has 0 aromatic carbocycles. The van der Waals surface area contributed by atoms with E-state index >= 15 is 0 Å². The number of cyclic esters (lactones) is 1. The van der Waals surface area contributed by atoms with E-state index in [4.69, 9.17) is 4.74 Å². The highest BCUT2D eigenvalue weighted by atomic mass is 16.5. The number of fused-ring (bicyclic) bond motifs is 1. The summed E-state index contributed by atoms with van der Waals surface area (Å²) in [5, 5.41) is 21.4. The van der Waals surface area contributed by atoms with Crippen molar-refractivity contribution >= 4 is 5.97 Å². The van der Waals surface area contributed by atoms with Gasteiger partial charge in [-0.1, -0.05) is 58.1 Å². The third-order valence-corrected chi connectivity index (χ3v) is 9.61. The maximum atomic E-state index is 11.8. The third kappa shape index (κ3) is 4.73. The summed E-state index contributed by atoms with van der Waals surface area (Å²) in [5.74, 6) is 1.39. The Bertz CT molecular complexity index is 866. The summed E-state index contributed by atoms with van der Waals surface area (Å²) in [6.45, 7) is 14.9. The highest BCUT2D eigenvalue weighted by molar-refractivity contribution is 5.89. The molecule has 3 aliphatic carbocycles. The molecule has 4 nitrogen and oxygen atoms in total. The first kappa shape index (κ1) is 25.4. The van der Waals surface area contributed by atoms with Crippen LogP contribution in [0.5, 0.6) is 0 Å². The van der Waals surface area contributed by atoms with Crippen molar-refractivity contribution in [2.24, 2.45) is 29.1 Å². The molecule has 0 aromatic heterocycles. The second-order valence-electron chi connectivity index (χ2n) is 11.8. The molecule has 0 aromatic rings. The Kier molecular flexibility index (Phi) is 7.59. The number of aliphatic hydroxyl groups excluding tert-OH is 2. The Morgan fingerprint density at radius 1 is 1.21 bits per heavy atom. The number of carbonyl (C=O) groups excluding carboxylic acids is 1. The summed E-state index contributed by atoms with van der Waals surface area (Å²) in [5.41, 5.74) is 4.19. The number of hydrogen-bond donors (Lipinski definition) is 2. The van der Waals surface area contributed by atoms with Crippen molar-refractivity contribution in [3.8, 4) is 0 Å². The summed E-state index contributed by atoms with van der Waals surface area (Å²) in [6.07, 6.45) is 13.2. The number of esters is 1. The minimum Gasteiger partial charge on any atom is -0.459 e. The molecule has 2 N–H and O–H groups in total. The molecule has 1 heterocycles. The van der Waals surface area contributed by atoms with E-state index in [1.165, 1.54) is 31.3 Å². The number of carbonyl (C=O) groups is 1. The molecule has 3 saturated carbocycles. The van der Waals surface area contributed by atoms with Crippen LogP contribution in [0.2, 0.25) is 0 Å². The van der Waals surface area contributed by atoms with Crippen LogP contribution in [0.1, 0.15) is 85.0 Å². The summed E-state index contributed by atoms with van der Waals surface area (Å²) < 4.78 is 5.54. The summed E-state index contributed by atoms with van der Waals surface area (Å²) in [6, 6.07) is 0. The van der Waals surface area contributed by atoms with Crippen molar-refractivity contribution in [2.75, 3.05) is 0 Å². The van der Waals surface area contributed by atoms with Crippen molar-refractivity contribution in [3.63, 3.8) is 0 Å². The van der Waals surface area contributed by atoms with Crippen molar-refractivity contribution in [2.45, 2.75) is 103 Å². The Balaban J connectivity index is 1.47. The summed E-state index contributed by atoms with van der Waals surface area (Å²) >= 11 is 0. The first-order chi connectivity index (χ1) is 16.2. The Labute approximate surface area is 205 Å². The molecule has 8 atom stereocenters. The smallest absolute Gasteiger partial charge is 0.333 e. The molecule has 0 spiro atoms. The first-order valence-electron chi connectivity index (χ1n) is 13.5. The maximum absolute atomic E-state index is 11.8.